The summed E-state index contributed by atoms with van der Waals surface area (Å²) in [6, 6.07) is 0. The predicted molar refractivity (Wildman–Crippen MR) is 65.8 cm³/mol. The van der Waals surface area contributed by atoms with Crippen molar-refractivity contribution in [2.24, 2.45) is 5.73 Å². The molecular weight excluding hydrogens is 202 g/mol. The predicted octanol–water partition coefficient (Wildman–Crippen LogP) is 1.39. The van der Waals surface area contributed by atoms with Crippen molar-refractivity contribution in [1.29, 1.82) is 5.41 Å². The van der Waals surface area contributed by atoms with Crippen LogP contribution in [0.3, 0.4) is 0 Å². The molecule has 0 aliphatic heterocycles. The third-order valence-electron chi connectivity index (χ3n) is 2.39. The van der Waals surface area contributed by atoms with Gasteiger partial charge in [-0.3, -0.25) is 5.41 Å². The largest absolute Gasteiger partial charge is 0.382 e. The molecule has 0 radical (unpaired) electrons. The van der Waals surface area contributed by atoms with Crippen LogP contribution in [0.2, 0.25) is 0 Å². The molecular formula is C11H19N5. The molecule has 0 aromatic carbocycles. The number of nitrogens with one attached hydrogen (secondary N) is 1. The number of nitrogens with zero attached hydrogens (tertiary/aromatic N) is 3. The molecule has 0 fully saturated rings. The topological polar surface area (TPSA) is 78.9 Å². The number of hydrogen-bond donors (Lipinski definition) is 2. The minimum absolute atomic E-state index is 0.0366. The molecule has 0 spiro atoms. The normalized spacial score (nSPS) is 10.1. The Morgan fingerprint density at radius 2 is 2.06 bits per heavy atom. The fourth-order valence-electron chi connectivity index (χ4n) is 1.50. The maximum Gasteiger partial charge on any atom is 0.158 e. The zero-order valence-electron chi connectivity index (χ0n) is 9.90. The van der Waals surface area contributed by atoms with Crippen LogP contribution >= 0.6 is 0 Å². The Morgan fingerprint density at radius 3 is 2.69 bits per heavy atom. The molecule has 1 heterocycles. The number of nitrogens with two attached hydrogens (primary N) is 1. The van der Waals surface area contributed by atoms with Crippen molar-refractivity contribution in [3.63, 3.8) is 0 Å². The minimum Gasteiger partial charge on any atom is -0.382 e. The summed E-state index contributed by atoms with van der Waals surface area (Å²) in [4.78, 5) is 10.3. The molecule has 0 saturated heterocycles. The van der Waals surface area contributed by atoms with Crippen LogP contribution in [-0.4, -0.2) is 29.4 Å². The van der Waals surface area contributed by atoms with Crippen LogP contribution in [0.25, 0.3) is 0 Å². The van der Waals surface area contributed by atoms with Crippen molar-refractivity contribution in [3.8, 4) is 0 Å². The molecule has 5 nitrogen and oxygen atoms in total. The summed E-state index contributed by atoms with van der Waals surface area (Å²) in [6.07, 6.45) is 6.67. The Bertz CT molecular complexity index is 350. The van der Waals surface area contributed by atoms with E-state index in [1.807, 2.05) is 11.9 Å². The van der Waals surface area contributed by atoms with E-state index in [9.17, 15) is 0 Å². The van der Waals surface area contributed by atoms with E-state index in [4.69, 9.17) is 11.1 Å². The van der Waals surface area contributed by atoms with Gasteiger partial charge in [-0.25, -0.2) is 9.97 Å². The van der Waals surface area contributed by atoms with Gasteiger partial charge in [-0.2, -0.15) is 0 Å². The Kier molecular flexibility index (Phi) is 4.69. The Hall–Kier alpha value is -1.65. The number of anilines is 1. The highest BCUT2D eigenvalue weighted by Gasteiger charge is 2.11. The molecule has 0 atom stereocenters. The highest BCUT2D eigenvalue weighted by Crippen LogP contribution is 2.13. The third-order valence-corrected chi connectivity index (χ3v) is 2.39. The van der Waals surface area contributed by atoms with Gasteiger partial charge in [0, 0.05) is 26.0 Å². The van der Waals surface area contributed by atoms with E-state index in [-0.39, 0.29) is 5.84 Å². The highest BCUT2D eigenvalue weighted by molar-refractivity contribution is 5.97. The summed E-state index contributed by atoms with van der Waals surface area (Å²) in [5, 5.41) is 7.43. The molecule has 0 amide bonds. The SMILES string of the molecule is CCCCCN(C)c1nccnc1C(=N)N. The summed E-state index contributed by atoms with van der Waals surface area (Å²) in [6.45, 7) is 3.08. The van der Waals surface area contributed by atoms with Gasteiger partial charge in [0.1, 0.15) is 11.5 Å². The summed E-state index contributed by atoms with van der Waals surface area (Å²) in [5.41, 5.74) is 5.92. The van der Waals surface area contributed by atoms with E-state index in [0.717, 1.165) is 13.0 Å². The van der Waals surface area contributed by atoms with Crippen LogP contribution in [0.1, 0.15) is 31.9 Å². The summed E-state index contributed by atoms with van der Waals surface area (Å²) in [5.74, 6) is 0.650. The lowest BCUT2D eigenvalue weighted by Gasteiger charge is -2.19. The van der Waals surface area contributed by atoms with E-state index in [1.165, 1.54) is 12.8 Å². The molecule has 16 heavy (non-hydrogen) atoms. The zero-order chi connectivity index (χ0) is 12.0. The van der Waals surface area contributed by atoms with Gasteiger partial charge in [-0.1, -0.05) is 19.8 Å². The first-order chi connectivity index (χ1) is 7.66. The van der Waals surface area contributed by atoms with Crippen LogP contribution in [0.4, 0.5) is 5.82 Å². The van der Waals surface area contributed by atoms with Gasteiger partial charge in [0.05, 0.1) is 0 Å². The van der Waals surface area contributed by atoms with Gasteiger partial charge in [0.2, 0.25) is 0 Å². The second kappa shape index (κ2) is 6.05. The molecule has 5 heteroatoms. The zero-order valence-corrected chi connectivity index (χ0v) is 9.90. The molecule has 0 unspecified atom stereocenters. The first-order valence-electron chi connectivity index (χ1n) is 5.53. The van der Waals surface area contributed by atoms with Crippen molar-refractivity contribution in [2.45, 2.75) is 26.2 Å². The molecule has 88 valence electrons. The van der Waals surface area contributed by atoms with Gasteiger partial charge >= 0.3 is 0 Å². The number of hydrogen-bond acceptors (Lipinski definition) is 4. The summed E-state index contributed by atoms with van der Waals surface area (Å²) < 4.78 is 0. The molecule has 1 aromatic heterocycles. The molecule has 0 bridgehead atoms. The summed E-state index contributed by atoms with van der Waals surface area (Å²) in [7, 11) is 1.95. The Labute approximate surface area is 96.2 Å². The lowest BCUT2D eigenvalue weighted by molar-refractivity contribution is 0.700. The third kappa shape index (κ3) is 3.18. The molecule has 3 N–H and O–H groups in total. The van der Waals surface area contributed by atoms with Crippen molar-refractivity contribution in [2.75, 3.05) is 18.5 Å². The number of nitrogen functional groups attached to an aromatic ring is 1. The molecule has 1 rings (SSSR count). The van der Waals surface area contributed by atoms with Crippen molar-refractivity contribution < 1.29 is 0 Å². The van der Waals surface area contributed by atoms with Crippen LogP contribution in [0.5, 0.6) is 0 Å². The van der Waals surface area contributed by atoms with Crippen molar-refractivity contribution >= 4 is 11.7 Å². The average Bonchev–Trinajstić information content (AvgIpc) is 2.29. The summed E-state index contributed by atoms with van der Waals surface area (Å²) >= 11 is 0. The quantitative estimate of drug-likeness (QED) is 0.432. The molecule has 0 aliphatic carbocycles. The van der Waals surface area contributed by atoms with Gasteiger partial charge in [-0.05, 0) is 6.42 Å². The van der Waals surface area contributed by atoms with Crippen molar-refractivity contribution in [1.82, 2.24) is 9.97 Å². The second-order valence-electron chi connectivity index (χ2n) is 3.77. The van der Waals surface area contributed by atoms with E-state index >= 15 is 0 Å². The first-order valence-corrected chi connectivity index (χ1v) is 5.53. The van der Waals surface area contributed by atoms with E-state index in [2.05, 4.69) is 16.9 Å². The monoisotopic (exact) mass is 221 g/mol. The average molecular weight is 221 g/mol. The van der Waals surface area contributed by atoms with Crippen LogP contribution in [-0.2, 0) is 0 Å². The van der Waals surface area contributed by atoms with Gasteiger partial charge in [0.15, 0.2) is 5.82 Å². The fourth-order valence-corrected chi connectivity index (χ4v) is 1.50. The van der Waals surface area contributed by atoms with Crippen LogP contribution in [0.15, 0.2) is 12.4 Å². The van der Waals surface area contributed by atoms with Crippen LogP contribution < -0.4 is 10.6 Å². The molecule has 0 saturated carbocycles. The van der Waals surface area contributed by atoms with E-state index in [0.29, 0.717) is 11.5 Å². The number of aromatic nitrogens is 2. The van der Waals surface area contributed by atoms with Gasteiger partial charge in [-0.15, -0.1) is 0 Å². The number of unbranched alkanes of at least 4 members (excludes halogenated alkanes) is 2. The smallest absolute Gasteiger partial charge is 0.158 e. The standard InChI is InChI=1S/C11H19N5/c1-3-4-5-8-16(2)11-9(10(12)13)14-6-7-15-11/h6-7H,3-5,8H2,1-2H3,(H3,12,13). The first kappa shape index (κ1) is 12.4. The lowest BCUT2D eigenvalue weighted by atomic mass is 10.2. The van der Waals surface area contributed by atoms with Gasteiger partial charge < -0.3 is 10.6 Å². The number of amidine groups is 1. The van der Waals surface area contributed by atoms with Crippen molar-refractivity contribution in [3.05, 3.63) is 18.1 Å². The second-order valence-corrected chi connectivity index (χ2v) is 3.77. The van der Waals surface area contributed by atoms with Crippen LogP contribution in [0, 0.1) is 5.41 Å². The number of rotatable bonds is 6. The maximum atomic E-state index is 7.43. The Balaban J connectivity index is 2.74. The fraction of sp³-hybridized carbons (Fsp3) is 0.545. The lowest BCUT2D eigenvalue weighted by Crippen LogP contribution is -2.25. The molecule has 0 aliphatic rings. The van der Waals surface area contributed by atoms with E-state index < -0.39 is 0 Å². The maximum absolute atomic E-state index is 7.43. The minimum atomic E-state index is -0.0366. The highest BCUT2D eigenvalue weighted by atomic mass is 15.2. The van der Waals surface area contributed by atoms with Gasteiger partial charge in [0.25, 0.3) is 0 Å². The van der Waals surface area contributed by atoms with E-state index in [1.54, 1.807) is 12.4 Å². The molecule has 1 aromatic rings. The Morgan fingerprint density at radius 1 is 1.38 bits per heavy atom.